The van der Waals surface area contributed by atoms with Gasteiger partial charge in [0.25, 0.3) is 0 Å². The summed E-state index contributed by atoms with van der Waals surface area (Å²) < 4.78 is 35.5. The Balaban J connectivity index is 1.67. The van der Waals surface area contributed by atoms with Crippen LogP contribution in [0, 0.1) is 17.4 Å². The number of guanidine groups is 1. The Kier molecular flexibility index (Phi) is 6.09. The quantitative estimate of drug-likeness (QED) is 0.270. The van der Waals surface area contributed by atoms with Gasteiger partial charge in [-0.25, -0.2) is 10.0 Å². The van der Waals surface area contributed by atoms with Gasteiger partial charge in [-0.1, -0.05) is 42.6 Å². The number of nitriles is 1. The van der Waals surface area contributed by atoms with E-state index in [1.54, 1.807) is 17.1 Å². The van der Waals surface area contributed by atoms with Gasteiger partial charge in [0.05, 0.1) is 28.0 Å². The smallest absolute Gasteiger partial charge is 0.395 e. The highest BCUT2D eigenvalue weighted by Crippen LogP contribution is 2.42. The molecule has 7 nitrogen and oxygen atoms in total. The van der Waals surface area contributed by atoms with E-state index in [2.05, 4.69) is 31.8 Å². The third-order valence-electron chi connectivity index (χ3n) is 4.89. The summed E-state index contributed by atoms with van der Waals surface area (Å²) in [7, 11) is 0. The van der Waals surface area contributed by atoms with Crippen LogP contribution in [-0.2, 0) is 0 Å². The van der Waals surface area contributed by atoms with Gasteiger partial charge in [0, 0.05) is 12.0 Å². The van der Waals surface area contributed by atoms with Crippen molar-refractivity contribution in [2.45, 2.75) is 26.1 Å². The Bertz CT molecular complexity index is 1150. The summed E-state index contributed by atoms with van der Waals surface area (Å²) in [5, 5.41) is 18.8. The molecule has 166 valence electrons. The zero-order chi connectivity index (χ0) is 22.9. The number of benzene rings is 2. The summed E-state index contributed by atoms with van der Waals surface area (Å²) in [5.74, 6) is -0.0154. The topological polar surface area (TPSA) is 82.2 Å². The summed E-state index contributed by atoms with van der Waals surface area (Å²) in [6.45, 7) is 2.54. The molecule has 2 heterocycles. The minimum absolute atomic E-state index is 0.0679. The summed E-state index contributed by atoms with van der Waals surface area (Å²) in [5.41, 5.74) is 1.90. The van der Waals surface area contributed by atoms with E-state index in [1.165, 1.54) is 18.2 Å². The molecule has 2 aromatic carbocycles. The zero-order valence-electron chi connectivity index (χ0n) is 16.8. The van der Waals surface area contributed by atoms with Gasteiger partial charge >= 0.3 is 6.29 Å². The number of ether oxygens (including phenoxy) is 2. The van der Waals surface area contributed by atoms with Crippen molar-refractivity contribution in [1.29, 1.82) is 5.26 Å². The van der Waals surface area contributed by atoms with E-state index in [1.807, 2.05) is 12.3 Å². The Morgan fingerprint density at radius 2 is 2.03 bits per heavy atom. The summed E-state index contributed by atoms with van der Waals surface area (Å²) in [4.78, 5) is 4.38. The van der Waals surface area contributed by atoms with Crippen molar-refractivity contribution < 1.29 is 18.3 Å². The normalized spacial score (nSPS) is 19.0. The molecule has 1 atom stereocenters. The van der Waals surface area contributed by atoms with Crippen LogP contribution in [0.2, 0.25) is 10.0 Å². The first-order valence-corrected chi connectivity index (χ1v) is 10.5. The second-order valence-electron chi connectivity index (χ2n) is 7.15. The number of fused-ring (bicyclic) bond motifs is 1. The lowest BCUT2D eigenvalue weighted by Crippen LogP contribution is -2.35. The number of halogens is 4. The number of alkyl halides is 2. The van der Waals surface area contributed by atoms with Crippen molar-refractivity contribution in [2.24, 2.45) is 16.0 Å². The second kappa shape index (κ2) is 8.81. The van der Waals surface area contributed by atoms with E-state index in [4.69, 9.17) is 23.2 Å². The molecule has 0 aromatic heterocycles. The standard InChI is InChI=1S/C21H17Cl2F2N5O2/c1-2-3-13-10-30(29-19(13)12-4-6-15(22)16(23)8-12)20(27-11-26)28-14-5-7-17-18(9-14)32-21(24,25)31-17/h4-9,13H,2-3,10H2,1H3,(H,27,28). The van der Waals surface area contributed by atoms with Gasteiger partial charge in [0.1, 0.15) is 0 Å². The molecule has 2 aliphatic heterocycles. The minimum Gasteiger partial charge on any atom is -0.395 e. The second-order valence-corrected chi connectivity index (χ2v) is 7.97. The third-order valence-corrected chi connectivity index (χ3v) is 5.63. The Hall–Kier alpha value is -3.09. The Labute approximate surface area is 192 Å². The first-order valence-electron chi connectivity index (χ1n) is 9.75. The SMILES string of the molecule is CCCC1CN(C(=Nc2ccc3c(c2)OC(F)(F)O3)NC#N)N=C1c1ccc(Cl)c(Cl)c1. The predicted molar refractivity (Wildman–Crippen MR) is 117 cm³/mol. The van der Waals surface area contributed by atoms with E-state index in [9.17, 15) is 14.0 Å². The van der Waals surface area contributed by atoms with Gasteiger partial charge in [0.2, 0.25) is 5.96 Å². The number of aliphatic imine (C=N–C) groups is 1. The van der Waals surface area contributed by atoms with Crippen molar-refractivity contribution in [3.05, 3.63) is 52.0 Å². The molecule has 0 radical (unpaired) electrons. The Morgan fingerprint density at radius 3 is 2.75 bits per heavy atom. The molecule has 1 unspecified atom stereocenters. The molecule has 32 heavy (non-hydrogen) atoms. The maximum atomic E-state index is 13.3. The lowest BCUT2D eigenvalue weighted by Gasteiger charge is -2.16. The van der Waals surface area contributed by atoms with Crippen molar-refractivity contribution in [3.8, 4) is 17.7 Å². The monoisotopic (exact) mass is 479 g/mol. The number of rotatable bonds is 4. The molecule has 4 rings (SSSR count). The Morgan fingerprint density at radius 1 is 1.25 bits per heavy atom. The number of hydrogen-bond acceptors (Lipinski definition) is 5. The van der Waals surface area contributed by atoms with Gasteiger partial charge in [0.15, 0.2) is 17.7 Å². The summed E-state index contributed by atoms with van der Waals surface area (Å²) in [6, 6.07) is 9.41. The van der Waals surface area contributed by atoms with Crippen LogP contribution in [0.3, 0.4) is 0 Å². The molecule has 0 saturated carbocycles. The van der Waals surface area contributed by atoms with Crippen LogP contribution in [0.15, 0.2) is 46.5 Å². The van der Waals surface area contributed by atoms with Crippen molar-refractivity contribution in [3.63, 3.8) is 0 Å². The zero-order valence-corrected chi connectivity index (χ0v) is 18.3. The summed E-state index contributed by atoms with van der Waals surface area (Å²) >= 11 is 12.2. The molecular formula is C21H17Cl2F2N5O2. The van der Waals surface area contributed by atoms with Crippen molar-refractivity contribution in [2.75, 3.05) is 6.54 Å². The highest BCUT2D eigenvalue weighted by atomic mass is 35.5. The maximum absolute atomic E-state index is 13.3. The predicted octanol–water partition coefficient (Wildman–Crippen LogP) is 5.51. The molecule has 11 heteroatoms. The van der Waals surface area contributed by atoms with Gasteiger partial charge < -0.3 is 9.47 Å². The van der Waals surface area contributed by atoms with Crippen molar-refractivity contribution >= 4 is 40.6 Å². The molecule has 0 bridgehead atoms. The van der Waals surface area contributed by atoms with E-state index in [0.29, 0.717) is 16.6 Å². The maximum Gasteiger partial charge on any atom is 0.586 e. The van der Waals surface area contributed by atoms with Gasteiger partial charge in [-0.2, -0.15) is 10.4 Å². The van der Waals surface area contributed by atoms with E-state index in [-0.39, 0.29) is 29.1 Å². The fraction of sp³-hybridized carbons (Fsp3) is 0.286. The molecule has 2 aliphatic rings. The van der Waals surface area contributed by atoms with E-state index < -0.39 is 6.29 Å². The minimum atomic E-state index is -3.72. The third kappa shape index (κ3) is 4.56. The number of nitrogens with zero attached hydrogens (tertiary/aromatic N) is 4. The lowest BCUT2D eigenvalue weighted by atomic mass is 9.93. The highest BCUT2D eigenvalue weighted by Gasteiger charge is 2.43. The summed E-state index contributed by atoms with van der Waals surface area (Å²) in [6.07, 6.45) is -0.101. The molecule has 0 aliphatic carbocycles. The molecule has 2 aromatic rings. The van der Waals surface area contributed by atoms with Crippen LogP contribution in [0.5, 0.6) is 11.5 Å². The number of hydrogen-bond donors (Lipinski definition) is 1. The number of hydrazone groups is 1. The van der Waals surface area contributed by atoms with Crippen LogP contribution in [0.25, 0.3) is 0 Å². The fourth-order valence-electron chi connectivity index (χ4n) is 3.54. The molecule has 0 saturated heterocycles. The lowest BCUT2D eigenvalue weighted by molar-refractivity contribution is -0.286. The van der Waals surface area contributed by atoms with Crippen LogP contribution >= 0.6 is 23.2 Å². The molecule has 0 spiro atoms. The van der Waals surface area contributed by atoms with E-state index in [0.717, 1.165) is 24.1 Å². The van der Waals surface area contributed by atoms with Gasteiger partial charge in [-0.05, 0) is 36.2 Å². The van der Waals surface area contributed by atoms with Gasteiger partial charge in [-0.15, -0.1) is 8.78 Å². The first kappa shape index (κ1) is 22.1. The average molecular weight is 480 g/mol. The molecule has 0 amide bonds. The van der Waals surface area contributed by atoms with Gasteiger partial charge in [-0.3, -0.25) is 5.32 Å². The number of nitrogens with one attached hydrogen (secondary N) is 1. The van der Waals surface area contributed by atoms with Crippen LogP contribution < -0.4 is 14.8 Å². The van der Waals surface area contributed by atoms with E-state index >= 15 is 0 Å². The highest BCUT2D eigenvalue weighted by molar-refractivity contribution is 6.42. The largest absolute Gasteiger partial charge is 0.586 e. The van der Waals surface area contributed by atoms with Crippen molar-refractivity contribution in [1.82, 2.24) is 10.3 Å². The fourth-order valence-corrected chi connectivity index (χ4v) is 3.83. The molecule has 1 N–H and O–H groups in total. The average Bonchev–Trinajstić information content (AvgIpc) is 3.29. The molecule has 0 fully saturated rings. The molecular weight excluding hydrogens is 463 g/mol. The van der Waals surface area contributed by atoms with Crippen LogP contribution in [0.1, 0.15) is 25.3 Å². The van der Waals surface area contributed by atoms with Crippen LogP contribution in [0.4, 0.5) is 14.5 Å². The van der Waals surface area contributed by atoms with Crippen LogP contribution in [-0.4, -0.2) is 29.5 Å². The first-order chi connectivity index (χ1) is 15.3.